The van der Waals surface area contributed by atoms with Crippen LogP contribution in [-0.4, -0.2) is 47.2 Å². The molecule has 1 spiro atoms. The lowest BCUT2D eigenvalue weighted by atomic mass is 9.86. The Bertz CT molecular complexity index is 1400. The van der Waals surface area contributed by atoms with E-state index in [1.807, 2.05) is 6.07 Å². The van der Waals surface area contributed by atoms with E-state index in [4.69, 9.17) is 15.7 Å². The van der Waals surface area contributed by atoms with Crippen molar-refractivity contribution in [1.29, 1.82) is 5.26 Å². The Morgan fingerprint density at radius 1 is 1.41 bits per heavy atom. The van der Waals surface area contributed by atoms with Crippen molar-refractivity contribution >= 4 is 33.3 Å². The largest absolute Gasteiger partial charge is 0.386 e. The van der Waals surface area contributed by atoms with Crippen molar-refractivity contribution in [1.82, 2.24) is 9.97 Å². The number of H-pyrrole nitrogens is 1. The van der Waals surface area contributed by atoms with Gasteiger partial charge in [0.05, 0.1) is 31.2 Å². The predicted molar refractivity (Wildman–Crippen MR) is 128 cm³/mol. The van der Waals surface area contributed by atoms with Crippen LogP contribution >= 0.6 is 0 Å². The number of nitrogens with two attached hydrogens (primary N) is 1. The van der Waals surface area contributed by atoms with Crippen LogP contribution in [0.3, 0.4) is 0 Å². The number of hydrogen-bond donors (Lipinski definition) is 3. The van der Waals surface area contributed by atoms with Gasteiger partial charge in [0.1, 0.15) is 27.6 Å². The Labute approximate surface area is 197 Å². The molecule has 1 atom stereocenters. The van der Waals surface area contributed by atoms with Gasteiger partial charge in [-0.2, -0.15) is 5.26 Å². The lowest BCUT2D eigenvalue weighted by Gasteiger charge is -2.42. The Kier molecular flexibility index (Phi) is 5.67. The van der Waals surface area contributed by atoms with Gasteiger partial charge in [-0.3, -0.25) is 9.79 Å². The number of aromatic amines is 1. The molecule has 4 N–H and O–H groups in total. The molecule has 2 aliphatic heterocycles. The third kappa shape index (κ3) is 4.02. The lowest BCUT2D eigenvalue weighted by molar-refractivity contribution is 0.0610. The average Bonchev–Trinajstić information content (AvgIpc) is 3.26. The van der Waals surface area contributed by atoms with Crippen molar-refractivity contribution in [2.75, 3.05) is 17.7 Å². The molecule has 34 heavy (non-hydrogen) atoms. The van der Waals surface area contributed by atoms with Crippen LogP contribution in [0, 0.1) is 11.3 Å². The zero-order valence-electron chi connectivity index (χ0n) is 18.8. The van der Waals surface area contributed by atoms with Gasteiger partial charge in [-0.15, -0.1) is 0 Å². The Morgan fingerprint density at radius 2 is 2.18 bits per heavy atom. The maximum absolute atomic E-state index is 13.0. The number of nitriles is 1. The molecular weight excluding hydrogens is 456 g/mol. The van der Waals surface area contributed by atoms with Gasteiger partial charge in [-0.05, 0) is 49.3 Å². The number of nitrogens with zero attached hydrogens (tertiary/aromatic N) is 3. The highest BCUT2D eigenvalue weighted by Crippen LogP contribution is 2.42. The van der Waals surface area contributed by atoms with Gasteiger partial charge < -0.3 is 20.8 Å². The summed E-state index contributed by atoms with van der Waals surface area (Å²) in [6.45, 7) is 7.00. The highest BCUT2D eigenvalue weighted by molar-refractivity contribution is 7.93. The first-order chi connectivity index (χ1) is 16.0. The third-order valence-corrected chi connectivity index (χ3v) is 8.67. The first kappa shape index (κ1) is 23.4. The molecular formula is C23H24N6O4S. The summed E-state index contributed by atoms with van der Waals surface area (Å²) in [5, 5.41) is 11.6. The van der Waals surface area contributed by atoms with Gasteiger partial charge in [0.2, 0.25) is 0 Å². The number of anilines is 1. The minimum absolute atomic E-state index is 0.0294. The molecule has 0 radical (unpaired) electrons. The molecule has 0 saturated heterocycles. The summed E-state index contributed by atoms with van der Waals surface area (Å²) in [6.07, 6.45) is 4.40. The lowest BCUT2D eigenvalue weighted by Crippen LogP contribution is -2.57. The van der Waals surface area contributed by atoms with Crippen molar-refractivity contribution < 1.29 is 17.9 Å². The smallest absolute Gasteiger partial charge is 0.273 e. The van der Waals surface area contributed by atoms with Crippen molar-refractivity contribution in [3.05, 3.63) is 65.3 Å². The minimum Gasteiger partial charge on any atom is -0.386 e. The van der Waals surface area contributed by atoms with Crippen LogP contribution in [-0.2, 0) is 26.7 Å². The van der Waals surface area contributed by atoms with E-state index in [0.717, 1.165) is 5.56 Å². The third-order valence-electron chi connectivity index (χ3n) is 6.05. The van der Waals surface area contributed by atoms with E-state index in [-0.39, 0.29) is 29.5 Å². The molecule has 11 heteroatoms. The summed E-state index contributed by atoms with van der Waals surface area (Å²) < 4.78 is 30.5. The van der Waals surface area contributed by atoms with Crippen LogP contribution in [0.2, 0.25) is 0 Å². The summed E-state index contributed by atoms with van der Waals surface area (Å²) in [5.41, 5.74) is 7.29. The number of fused-ring (bicyclic) bond motifs is 2. The number of amides is 1. The number of aliphatic imine (C=N–C) groups is 1. The molecule has 10 nitrogen and oxygen atoms in total. The van der Waals surface area contributed by atoms with Gasteiger partial charge in [0.15, 0.2) is 9.84 Å². The average molecular weight is 481 g/mol. The quantitative estimate of drug-likeness (QED) is 0.445. The van der Waals surface area contributed by atoms with Crippen LogP contribution in [0.4, 0.5) is 5.69 Å². The maximum Gasteiger partial charge on any atom is 0.273 e. The summed E-state index contributed by atoms with van der Waals surface area (Å²) in [6, 6.07) is 7.10. The maximum atomic E-state index is 13.0. The summed E-state index contributed by atoms with van der Waals surface area (Å²) in [4.78, 5) is 24.3. The van der Waals surface area contributed by atoms with Crippen LogP contribution in [0.5, 0.6) is 0 Å². The van der Waals surface area contributed by atoms with E-state index >= 15 is 0 Å². The topological polar surface area (TPSA) is 163 Å². The van der Waals surface area contributed by atoms with Crippen LogP contribution in [0.1, 0.15) is 41.3 Å². The second-order valence-electron chi connectivity index (χ2n) is 8.77. The number of amidine groups is 1. The fraction of sp³-hybridized carbons (Fsp3) is 0.304. The van der Waals surface area contributed by atoms with Crippen LogP contribution < -0.4 is 11.1 Å². The summed E-state index contributed by atoms with van der Waals surface area (Å²) >= 11 is 0. The normalized spacial score (nSPS) is 22.6. The SMILES string of the molecule is C=C(C#N)/C=C\c1ncc(C(=O)Nc2ccc3c(c2)[C@]2(COC3)CS(=O)(=O)C(C)(C)C(N)=N2)[nH]1. The summed E-state index contributed by atoms with van der Waals surface area (Å²) in [7, 11) is -3.62. The molecule has 2 aromatic rings. The first-order valence-electron chi connectivity index (χ1n) is 10.4. The molecule has 1 aromatic carbocycles. The molecule has 4 rings (SSSR count). The minimum atomic E-state index is -3.62. The van der Waals surface area contributed by atoms with E-state index in [9.17, 15) is 13.2 Å². The number of rotatable bonds is 4. The first-order valence-corrected chi connectivity index (χ1v) is 12.1. The molecule has 0 aliphatic carbocycles. The fourth-order valence-electron chi connectivity index (χ4n) is 3.84. The number of imidazole rings is 1. The number of carbonyl (C=O) groups is 1. The van der Waals surface area contributed by atoms with Crippen LogP contribution in [0.15, 0.2) is 47.6 Å². The number of carbonyl (C=O) groups excluding carboxylic acids is 1. The molecule has 0 saturated carbocycles. The number of sulfone groups is 1. The molecule has 1 amide bonds. The predicted octanol–water partition coefficient (Wildman–Crippen LogP) is 2.04. The molecule has 176 valence electrons. The number of ether oxygens (including phenoxy) is 1. The number of aromatic nitrogens is 2. The van der Waals surface area contributed by atoms with E-state index in [1.165, 1.54) is 12.3 Å². The van der Waals surface area contributed by atoms with Gasteiger partial charge in [0, 0.05) is 11.3 Å². The van der Waals surface area contributed by atoms with E-state index in [2.05, 4.69) is 26.9 Å². The second kappa shape index (κ2) is 8.23. The van der Waals surface area contributed by atoms with E-state index in [0.29, 0.717) is 23.7 Å². The Morgan fingerprint density at radius 3 is 2.88 bits per heavy atom. The molecule has 0 unspecified atom stereocenters. The molecule has 3 heterocycles. The van der Waals surface area contributed by atoms with Gasteiger partial charge >= 0.3 is 0 Å². The number of hydrogen-bond acceptors (Lipinski definition) is 8. The zero-order chi connectivity index (χ0) is 24.7. The zero-order valence-corrected chi connectivity index (χ0v) is 19.6. The van der Waals surface area contributed by atoms with E-state index < -0.39 is 26.0 Å². The number of allylic oxidation sites excluding steroid dienone is 2. The monoisotopic (exact) mass is 480 g/mol. The van der Waals surface area contributed by atoms with Gasteiger partial charge in [-0.25, -0.2) is 13.4 Å². The van der Waals surface area contributed by atoms with E-state index in [1.54, 1.807) is 38.1 Å². The van der Waals surface area contributed by atoms with Crippen molar-refractivity contribution in [3.8, 4) is 6.07 Å². The van der Waals surface area contributed by atoms with Crippen molar-refractivity contribution in [2.45, 2.75) is 30.7 Å². The van der Waals surface area contributed by atoms with Gasteiger partial charge in [0.25, 0.3) is 5.91 Å². The standard InChI is InChI=1S/C23H24N6O4S/c1-14(9-24)4-7-19-26-10-18(28-19)20(30)27-16-6-5-15-11-33-12-23(17(15)8-16)13-34(31,32)22(2,3)21(25)29-23/h4-8,10H,1,11-13H2,2-3H3,(H2,25,29)(H,26,28)(H,27,30)/b7-4-/t23-/m0/s1. The Balaban J connectivity index is 1.63. The molecule has 0 bridgehead atoms. The highest BCUT2D eigenvalue weighted by Gasteiger charge is 2.52. The Hall–Kier alpha value is -3.75. The molecule has 2 aliphatic rings. The number of nitrogens with one attached hydrogen (secondary N) is 2. The fourth-order valence-corrected chi connectivity index (χ4v) is 5.49. The van der Waals surface area contributed by atoms with Crippen LogP contribution in [0.25, 0.3) is 6.08 Å². The number of benzene rings is 1. The molecule has 1 aromatic heterocycles. The van der Waals surface area contributed by atoms with Gasteiger partial charge in [-0.1, -0.05) is 12.6 Å². The van der Waals surface area contributed by atoms with Crippen molar-refractivity contribution in [2.24, 2.45) is 10.7 Å². The van der Waals surface area contributed by atoms with Crippen molar-refractivity contribution in [3.63, 3.8) is 0 Å². The summed E-state index contributed by atoms with van der Waals surface area (Å²) in [5.74, 6) is -0.264. The highest BCUT2D eigenvalue weighted by atomic mass is 32.2. The molecule has 0 fully saturated rings. The second-order valence-corrected chi connectivity index (χ2v) is 11.3.